The van der Waals surface area contributed by atoms with Gasteiger partial charge in [-0.1, -0.05) is 25.7 Å². The van der Waals surface area contributed by atoms with Crippen LogP contribution in [0.3, 0.4) is 0 Å². The number of hydrogen-bond donors (Lipinski definition) is 2. The minimum Gasteiger partial charge on any atom is -0.480 e. The molecule has 2 rings (SSSR count). The highest BCUT2D eigenvalue weighted by atomic mass is 16.4. The highest BCUT2D eigenvalue weighted by molar-refractivity contribution is 5.76. The quantitative estimate of drug-likeness (QED) is 0.762. The molecule has 0 radical (unpaired) electrons. The summed E-state index contributed by atoms with van der Waals surface area (Å²) in [7, 11) is 0. The number of hydrogen-bond acceptors (Lipinski definition) is 3. The summed E-state index contributed by atoms with van der Waals surface area (Å²) in [6.07, 6.45) is 9.98. The van der Waals surface area contributed by atoms with Gasteiger partial charge in [-0.15, -0.1) is 0 Å². The Morgan fingerprint density at radius 3 is 2.19 bits per heavy atom. The van der Waals surface area contributed by atoms with Gasteiger partial charge in [-0.3, -0.25) is 14.5 Å². The van der Waals surface area contributed by atoms with Gasteiger partial charge < -0.3 is 10.4 Å². The molecule has 1 aliphatic heterocycles. The Balaban J connectivity index is 1.65. The van der Waals surface area contributed by atoms with Gasteiger partial charge in [-0.2, -0.15) is 0 Å². The van der Waals surface area contributed by atoms with Gasteiger partial charge in [0.15, 0.2) is 0 Å². The second kappa shape index (κ2) is 8.37. The summed E-state index contributed by atoms with van der Waals surface area (Å²) in [6.45, 7) is 1.64. The summed E-state index contributed by atoms with van der Waals surface area (Å²) in [5, 5.41) is 11.9. The first kappa shape index (κ1) is 16.3. The van der Waals surface area contributed by atoms with Crippen molar-refractivity contribution in [2.45, 2.75) is 63.8 Å². The minimum atomic E-state index is -0.772. The molecular weight excluding hydrogens is 268 g/mol. The Morgan fingerprint density at radius 1 is 1.00 bits per heavy atom. The number of carbonyl (C=O) groups excluding carboxylic acids is 1. The normalized spacial score (nSPS) is 22.7. The van der Waals surface area contributed by atoms with Gasteiger partial charge in [-0.25, -0.2) is 0 Å². The number of carboxylic acids is 1. The Bertz CT molecular complexity index is 343. The topological polar surface area (TPSA) is 69.6 Å². The Morgan fingerprint density at radius 2 is 1.62 bits per heavy atom. The van der Waals surface area contributed by atoms with Crippen molar-refractivity contribution in [2.75, 3.05) is 19.6 Å². The van der Waals surface area contributed by atoms with Gasteiger partial charge in [-0.05, 0) is 31.6 Å². The molecule has 2 fully saturated rings. The zero-order chi connectivity index (χ0) is 15.1. The molecule has 1 saturated heterocycles. The van der Waals surface area contributed by atoms with Crippen molar-refractivity contribution < 1.29 is 14.7 Å². The smallest absolute Gasteiger partial charge is 0.317 e. The molecule has 0 aromatic heterocycles. The molecule has 120 valence electrons. The van der Waals surface area contributed by atoms with Crippen LogP contribution < -0.4 is 5.32 Å². The fourth-order valence-corrected chi connectivity index (χ4v) is 3.54. The van der Waals surface area contributed by atoms with Crippen LogP contribution in [-0.2, 0) is 9.59 Å². The van der Waals surface area contributed by atoms with Crippen LogP contribution in [0.4, 0.5) is 0 Å². The molecular formula is C16H28N2O3. The number of likely N-dealkylation sites (tertiary alicyclic amines) is 1. The van der Waals surface area contributed by atoms with Crippen molar-refractivity contribution in [3.8, 4) is 0 Å². The van der Waals surface area contributed by atoms with Crippen LogP contribution in [0.1, 0.15) is 57.8 Å². The number of amides is 1. The lowest BCUT2D eigenvalue weighted by molar-refractivity contribution is -0.138. The molecule has 21 heavy (non-hydrogen) atoms. The van der Waals surface area contributed by atoms with Crippen LogP contribution in [0.15, 0.2) is 0 Å². The van der Waals surface area contributed by atoms with E-state index in [1.807, 2.05) is 4.90 Å². The highest BCUT2D eigenvalue weighted by Crippen LogP contribution is 2.25. The van der Waals surface area contributed by atoms with Gasteiger partial charge in [0.25, 0.3) is 0 Å². The lowest BCUT2D eigenvalue weighted by Crippen LogP contribution is -2.46. The fraction of sp³-hybridized carbons (Fsp3) is 0.875. The van der Waals surface area contributed by atoms with E-state index < -0.39 is 5.97 Å². The van der Waals surface area contributed by atoms with Crippen molar-refractivity contribution in [2.24, 2.45) is 5.92 Å². The second-order valence-electron chi connectivity index (χ2n) is 6.57. The van der Waals surface area contributed by atoms with E-state index in [9.17, 15) is 9.59 Å². The number of nitrogens with one attached hydrogen (secondary N) is 1. The number of carboxylic acid groups (broad SMARTS) is 1. The van der Waals surface area contributed by atoms with E-state index in [1.165, 1.54) is 38.5 Å². The van der Waals surface area contributed by atoms with E-state index in [2.05, 4.69) is 5.32 Å². The van der Waals surface area contributed by atoms with Crippen LogP contribution in [0.25, 0.3) is 0 Å². The first-order chi connectivity index (χ1) is 10.1. The van der Waals surface area contributed by atoms with Crippen molar-refractivity contribution in [1.82, 2.24) is 10.2 Å². The van der Waals surface area contributed by atoms with Crippen molar-refractivity contribution >= 4 is 11.9 Å². The van der Waals surface area contributed by atoms with Gasteiger partial charge >= 0.3 is 5.97 Å². The zero-order valence-electron chi connectivity index (χ0n) is 12.9. The first-order valence-electron chi connectivity index (χ1n) is 8.37. The first-order valence-corrected chi connectivity index (χ1v) is 8.37. The van der Waals surface area contributed by atoms with Crippen molar-refractivity contribution in [3.63, 3.8) is 0 Å². The minimum absolute atomic E-state index is 0.114. The summed E-state index contributed by atoms with van der Waals surface area (Å²) < 4.78 is 0. The van der Waals surface area contributed by atoms with Crippen molar-refractivity contribution in [3.05, 3.63) is 0 Å². The van der Waals surface area contributed by atoms with E-state index in [-0.39, 0.29) is 18.5 Å². The van der Waals surface area contributed by atoms with Gasteiger partial charge in [0, 0.05) is 25.6 Å². The molecule has 2 N–H and O–H groups in total. The monoisotopic (exact) mass is 296 g/mol. The van der Waals surface area contributed by atoms with Crippen LogP contribution in [0.5, 0.6) is 0 Å². The number of aliphatic carboxylic acids is 1. The molecule has 5 heteroatoms. The Kier molecular flexibility index (Phi) is 6.49. The number of carbonyl (C=O) groups is 2. The molecule has 0 spiro atoms. The maximum absolute atomic E-state index is 12.1. The third-order valence-electron chi connectivity index (χ3n) is 4.76. The molecule has 0 unspecified atom stereocenters. The van der Waals surface area contributed by atoms with E-state index >= 15 is 0 Å². The number of nitrogens with zero attached hydrogens (tertiary/aromatic N) is 1. The Hall–Kier alpha value is -1.10. The molecule has 1 aliphatic carbocycles. The molecule has 2 aliphatic rings. The van der Waals surface area contributed by atoms with Crippen LogP contribution in [-0.4, -0.2) is 47.6 Å². The Labute approximate surface area is 127 Å². The van der Waals surface area contributed by atoms with E-state index in [0.29, 0.717) is 12.3 Å². The average molecular weight is 296 g/mol. The van der Waals surface area contributed by atoms with E-state index in [1.54, 1.807) is 0 Å². The summed E-state index contributed by atoms with van der Waals surface area (Å²) in [5.41, 5.74) is 0. The van der Waals surface area contributed by atoms with E-state index in [0.717, 1.165) is 25.9 Å². The molecule has 5 nitrogen and oxygen atoms in total. The number of piperidine rings is 1. The molecule has 0 aromatic rings. The standard InChI is InChI=1S/C16H28N2O3/c19-15(11-13-5-3-1-2-4-6-13)17-14-7-9-18(10-8-14)12-16(20)21/h13-14H,1-12H2,(H,17,19)(H,20,21). The summed E-state index contributed by atoms with van der Waals surface area (Å²) in [5.74, 6) is -0.0102. The van der Waals surface area contributed by atoms with Crippen LogP contribution >= 0.6 is 0 Å². The lowest BCUT2D eigenvalue weighted by atomic mass is 9.95. The molecule has 1 heterocycles. The largest absolute Gasteiger partial charge is 0.480 e. The lowest BCUT2D eigenvalue weighted by Gasteiger charge is -2.31. The summed E-state index contributed by atoms with van der Waals surface area (Å²) in [6, 6.07) is 0.230. The summed E-state index contributed by atoms with van der Waals surface area (Å²) in [4.78, 5) is 24.7. The van der Waals surface area contributed by atoms with Gasteiger partial charge in [0.1, 0.15) is 0 Å². The van der Waals surface area contributed by atoms with E-state index in [4.69, 9.17) is 5.11 Å². The predicted molar refractivity (Wildman–Crippen MR) is 81.0 cm³/mol. The molecule has 0 aromatic carbocycles. The highest BCUT2D eigenvalue weighted by Gasteiger charge is 2.23. The molecule has 0 atom stereocenters. The maximum atomic E-state index is 12.1. The van der Waals surface area contributed by atoms with Crippen LogP contribution in [0, 0.1) is 5.92 Å². The number of rotatable bonds is 5. The van der Waals surface area contributed by atoms with Crippen LogP contribution in [0.2, 0.25) is 0 Å². The maximum Gasteiger partial charge on any atom is 0.317 e. The van der Waals surface area contributed by atoms with Gasteiger partial charge in [0.2, 0.25) is 5.91 Å². The SMILES string of the molecule is O=C(O)CN1CCC(NC(=O)CC2CCCCCC2)CC1. The predicted octanol–water partition coefficient (Wildman–Crippen LogP) is 2.01. The molecule has 1 saturated carbocycles. The third kappa shape index (κ3) is 6.04. The fourth-order valence-electron chi connectivity index (χ4n) is 3.54. The van der Waals surface area contributed by atoms with Crippen molar-refractivity contribution in [1.29, 1.82) is 0 Å². The molecule has 0 bridgehead atoms. The zero-order valence-corrected chi connectivity index (χ0v) is 12.9. The van der Waals surface area contributed by atoms with Gasteiger partial charge in [0.05, 0.1) is 6.54 Å². The third-order valence-corrected chi connectivity index (χ3v) is 4.76. The average Bonchev–Trinajstić information content (AvgIpc) is 2.69. The summed E-state index contributed by atoms with van der Waals surface area (Å²) >= 11 is 0. The second-order valence-corrected chi connectivity index (χ2v) is 6.57. The molecule has 1 amide bonds.